The van der Waals surface area contributed by atoms with Gasteiger partial charge in [0.05, 0.1) is 18.6 Å². The van der Waals surface area contributed by atoms with Crippen LogP contribution in [0.5, 0.6) is 5.75 Å². The maximum atomic E-state index is 10.9. The SMILES string of the molecule is COc1ccc(NCC2(O)CCC(C(=O)O)CC2)cc1C. The number of hydrogen-bond acceptors (Lipinski definition) is 4. The second-order valence-electron chi connectivity index (χ2n) is 5.87. The molecule has 1 aliphatic rings. The maximum Gasteiger partial charge on any atom is 0.306 e. The first kappa shape index (κ1) is 15.6. The molecule has 0 atom stereocenters. The predicted molar refractivity (Wildman–Crippen MR) is 80.8 cm³/mol. The van der Waals surface area contributed by atoms with Gasteiger partial charge in [0.25, 0.3) is 0 Å². The van der Waals surface area contributed by atoms with E-state index >= 15 is 0 Å². The molecule has 0 saturated heterocycles. The first-order valence-electron chi connectivity index (χ1n) is 7.27. The number of hydrogen-bond donors (Lipinski definition) is 3. The van der Waals surface area contributed by atoms with Gasteiger partial charge in [-0.3, -0.25) is 4.79 Å². The van der Waals surface area contributed by atoms with Crippen LogP contribution in [0.1, 0.15) is 31.2 Å². The molecule has 0 aliphatic heterocycles. The molecule has 5 nitrogen and oxygen atoms in total. The molecule has 0 heterocycles. The van der Waals surface area contributed by atoms with E-state index in [1.165, 1.54) is 0 Å². The summed E-state index contributed by atoms with van der Waals surface area (Å²) in [5.41, 5.74) is 1.14. The molecule has 116 valence electrons. The normalized spacial score (nSPS) is 25.4. The fraction of sp³-hybridized carbons (Fsp3) is 0.562. The third kappa shape index (κ3) is 3.88. The van der Waals surface area contributed by atoms with Crippen LogP contribution in [0.2, 0.25) is 0 Å². The summed E-state index contributed by atoms with van der Waals surface area (Å²) in [4.78, 5) is 10.9. The van der Waals surface area contributed by atoms with Crippen LogP contribution < -0.4 is 10.1 Å². The maximum absolute atomic E-state index is 10.9. The molecule has 1 fully saturated rings. The van der Waals surface area contributed by atoms with Gasteiger partial charge in [-0.25, -0.2) is 0 Å². The van der Waals surface area contributed by atoms with Crippen LogP contribution in [-0.2, 0) is 4.79 Å². The first-order valence-corrected chi connectivity index (χ1v) is 7.27. The average Bonchev–Trinajstić information content (AvgIpc) is 2.46. The van der Waals surface area contributed by atoms with Gasteiger partial charge in [-0.1, -0.05) is 0 Å². The molecule has 1 aliphatic carbocycles. The zero-order valence-corrected chi connectivity index (χ0v) is 12.6. The lowest BCUT2D eigenvalue weighted by Crippen LogP contribution is -2.41. The molecule has 21 heavy (non-hydrogen) atoms. The number of ether oxygens (including phenoxy) is 1. The van der Waals surface area contributed by atoms with Crippen molar-refractivity contribution in [1.29, 1.82) is 0 Å². The van der Waals surface area contributed by atoms with Gasteiger partial charge in [0, 0.05) is 12.2 Å². The van der Waals surface area contributed by atoms with Gasteiger partial charge in [0.2, 0.25) is 0 Å². The van der Waals surface area contributed by atoms with Crippen molar-refractivity contribution in [3.63, 3.8) is 0 Å². The summed E-state index contributed by atoms with van der Waals surface area (Å²) in [6, 6.07) is 5.78. The Morgan fingerprint density at radius 1 is 1.43 bits per heavy atom. The van der Waals surface area contributed by atoms with Crippen LogP contribution in [0.4, 0.5) is 5.69 Å². The van der Waals surface area contributed by atoms with Crippen LogP contribution >= 0.6 is 0 Å². The van der Waals surface area contributed by atoms with E-state index in [0.717, 1.165) is 17.0 Å². The second kappa shape index (κ2) is 6.35. The summed E-state index contributed by atoms with van der Waals surface area (Å²) in [6.07, 6.45) is 2.11. The quantitative estimate of drug-likeness (QED) is 0.777. The highest BCUT2D eigenvalue weighted by atomic mass is 16.5. The molecule has 1 aromatic rings. The Morgan fingerprint density at radius 3 is 2.62 bits per heavy atom. The molecule has 1 saturated carbocycles. The minimum atomic E-state index is -0.820. The molecule has 3 N–H and O–H groups in total. The number of carboxylic acid groups (broad SMARTS) is 1. The van der Waals surface area contributed by atoms with Crippen LogP contribution in [0, 0.1) is 12.8 Å². The molecule has 0 aromatic heterocycles. The molecular formula is C16H23NO4. The van der Waals surface area contributed by atoms with E-state index in [2.05, 4.69) is 5.32 Å². The fourth-order valence-corrected chi connectivity index (χ4v) is 2.83. The Balaban J connectivity index is 1.91. The van der Waals surface area contributed by atoms with Crippen LogP contribution in [0.15, 0.2) is 18.2 Å². The molecule has 0 radical (unpaired) electrons. The molecule has 2 rings (SSSR count). The number of methoxy groups -OCH3 is 1. The van der Waals surface area contributed by atoms with Gasteiger partial charge in [0.1, 0.15) is 5.75 Å². The summed E-state index contributed by atoms with van der Waals surface area (Å²) in [5, 5.41) is 22.7. The Hall–Kier alpha value is -1.75. The molecule has 0 unspecified atom stereocenters. The molecule has 0 spiro atoms. The van der Waals surface area contributed by atoms with E-state index in [1.54, 1.807) is 7.11 Å². The highest BCUT2D eigenvalue weighted by Gasteiger charge is 2.35. The van der Waals surface area contributed by atoms with Crippen LogP contribution in [-0.4, -0.2) is 35.4 Å². The van der Waals surface area contributed by atoms with Gasteiger partial charge in [0.15, 0.2) is 0 Å². The van der Waals surface area contributed by atoms with Gasteiger partial charge in [-0.05, 0) is 56.4 Å². The summed E-state index contributed by atoms with van der Waals surface area (Å²) < 4.78 is 5.22. The van der Waals surface area contributed by atoms with E-state index in [9.17, 15) is 9.90 Å². The van der Waals surface area contributed by atoms with Crippen molar-refractivity contribution >= 4 is 11.7 Å². The monoisotopic (exact) mass is 293 g/mol. The first-order chi connectivity index (χ1) is 9.93. The van der Waals surface area contributed by atoms with Crippen molar-refractivity contribution in [2.45, 2.75) is 38.2 Å². The zero-order valence-electron chi connectivity index (χ0n) is 12.6. The zero-order chi connectivity index (χ0) is 15.5. The Labute approximate surface area is 124 Å². The molecule has 1 aromatic carbocycles. The van der Waals surface area contributed by atoms with Crippen molar-refractivity contribution < 1.29 is 19.7 Å². The number of aryl methyl sites for hydroxylation is 1. The second-order valence-corrected chi connectivity index (χ2v) is 5.87. The fourth-order valence-electron chi connectivity index (χ4n) is 2.83. The largest absolute Gasteiger partial charge is 0.496 e. The number of rotatable bonds is 5. The van der Waals surface area contributed by atoms with Crippen molar-refractivity contribution in [2.24, 2.45) is 5.92 Å². The van der Waals surface area contributed by atoms with E-state index in [0.29, 0.717) is 32.2 Å². The van der Waals surface area contributed by atoms with Gasteiger partial charge in [-0.2, -0.15) is 0 Å². The molecule has 0 amide bonds. The van der Waals surface area contributed by atoms with Crippen molar-refractivity contribution in [1.82, 2.24) is 0 Å². The van der Waals surface area contributed by atoms with Gasteiger partial charge >= 0.3 is 5.97 Å². The van der Waals surface area contributed by atoms with Gasteiger partial charge < -0.3 is 20.3 Å². The number of carboxylic acids is 1. The Bertz CT molecular complexity index is 507. The predicted octanol–water partition coefficient (Wildman–Crippen LogP) is 2.42. The van der Waals surface area contributed by atoms with Crippen molar-refractivity contribution in [2.75, 3.05) is 19.0 Å². The van der Waals surface area contributed by atoms with Gasteiger partial charge in [-0.15, -0.1) is 0 Å². The highest BCUT2D eigenvalue weighted by molar-refractivity contribution is 5.70. The van der Waals surface area contributed by atoms with E-state index in [4.69, 9.17) is 9.84 Å². The lowest BCUT2D eigenvalue weighted by molar-refractivity contribution is -0.144. The van der Waals surface area contributed by atoms with E-state index in [-0.39, 0.29) is 5.92 Å². The number of carbonyl (C=O) groups is 1. The lowest BCUT2D eigenvalue weighted by Gasteiger charge is -2.35. The molecule has 0 bridgehead atoms. The third-order valence-electron chi connectivity index (χ3n) is 4.28. The van der Waals surface area contributed by atoms with Crippen LogP contribution in [0.25, 0.3) is 0 Å². The molecular weight excluding hydrogens is 270 g/mol. The highest BCUT2D eigenvalue weighted by Crippen LogP contribution is 2.32. The van der Waals surface area contributed by atoms with E-state index < -0.39 is 11.6 Å². The third-order valence-corrected chi connectivity index (χ3v) is 4.28. The smallest absolute Gasteiger partial charge is 0.306 e. The topological polar surface area (TPSA) is 78.8 Å². The van der Waals surface area contributed by atoms with Crippen molar-refractivity contribution in [3.05, 3.63) is 23.8 Å². The number of aliphatic hydroxyl groups is 1. The number of nitrogens with one attached hydrogen (secondary N) is 1. The minimum absolute atomic E-state index is 0.312. The number of benzene rings is 1. The molecule has 5 heteroatoms. The number of aliphatic carboxylic acids is 1. The van der Waals surface area contributed by atoms with Crippen molar-refractivity contribution in [3.8, 4) is 5.75 Å². The summed E-state index contributed by atoms with van der Waals surface area (Å²) in [5.74, 6) is -0.231. The average molecular weight is 293 g/mol. The number of anilines is 1. The van der Waals surface area contributed by atoms with E-state index in [1.807, 2.05) is 25.1 Å². The summed E-state index contributed by atoms with van der Waals surface area (Å²) >= 11 is 0. The Morgan fingerprint density at radius 2 is 2.10 bits per heavy atom. The minimum Gasteiger partial charge on any atom is -0.496 e. The lowest BCUT2D eigenvalue weighted by atomic mass is 9.79. The Kier molecular flexibility index (Phi) is 4.73. The summed E-state index contributed by atoms with van der Waals surface area (Å²) in [6.45, 7) is 2.40. The van der Waals surface area contributed by atoms with Crippen LogP contribution in [0.3, 0.4) is 0 Å². The standard InChI is InChI=1S/C16H23NO4/c1-11-9-13(3-4-14(11)21-2)17-10-16(20)7-5-12(6-8-16)15(18)19/h3-4,9,12,17,20H,5-8,10H2,1-2H3,(H,18,19). The summed E-state index contributed by atoms with van der Waals surface area (Å²) in [7, 11) is 1.64.